The van der Waals surface area contributed by atoms with Crippen molar-refractivity contribution in [1.82, 2.24) is 58.3 Å². The maximum atomic E-state index is 14.7. The summed E-state index contributed by atoms with van der Waals surface area (Å²) in [6.07, 6.45) is 8.49. The van der Waals surface area contributed by atoms with Crippen molar-refractivity contribution in [2.75, 3.05) is 93.2 Å². The zero-order valence-corrected chi connectivity index (χ0v) is 80.3. The lowest BCUT2D eigenvalue weighted by molar-refractivity contribution is -0.127. The molecule has 12 heterocycles. The zero-order chi connectivity index (χ0) is 98.7. The lowest BCUT2D eigenvalue weighted by Gasteiger charge is -2.36. The van der Waals surface area contributed by atoms with Crippen LogP contribution in [0, 0.1) is 83.9 Å². The Morgan fingerprint density at radius 1 is 0.378 bits per heavy atom. The Kier molecular flexibility index (Phi) is 29.9. The lowest BCUT2D eigenvalue weighted by Crippen LogP contribution is -2.49. The third kappa shape index (κ3) is 17.9. The summed E-state index contributed by atoms with van der Waals surface area (Å²) >= 11 is 64.0. The molecule has 3 amide bonds. The Morgan fingerprint density at radius 3 is 0.859 bits per heavy atom. The number of phenols is 3. The highest BCUT2D eigenvalue weighted by Gasteiger charge is 2.38. The summed E-state index contributed by atoms with van der Waals surface area (Å²) in [4.78, 5) is 118. The number of benzene rings is 3. The molecule has 3 aromatic carbocycles. The van der Waals surface area contributed by atoms with Gasteiger partial charge in [-0.1, -0.05) is 177 Å². The summed E-state index contributed by atoms with van der Waals surface area (Å²) in [6.45, 7) is 30.8. The van der Waals surface area contributed by atoms with Gasteiger partial charge in [0.05, 0.1) is 119 Å². The first-order chi connectivity index (χ1) is 64.0. The Bertz CT molecular complexity index is 6650. The van der Waals surface area contributed by atoms with E-state index in [2.05, 4.69) is 62.9 Å². The van der Waals surface area contributed by atoms with Gasteiger partial charge in [0.25, 0.3) is 16.7 Å². The van der Waals surface area contributed by atoms with Gasteiger partial charge in [-0.3, -0.25) is 57.4 Å². The number of hydrogen-bond donors (Lipinski definition) is 3. The van der Waals surface area contributed by atoms with Gasteiger partial charge in [-0.15, -0.1) is 0 Å². The van der Waals surface area contributed by atoms with Crippen LogP contribution in [-0.4, -0.2) is 170 Å². The van der Waals surface area contributed by atoms with Crippen LogP contribution in [0.2, 0.25) is 50.2 Å². The number of aromatic hydroxyl groups is 3. The molecular formula is C93H75Cl10F5N18O9. The highest BCUT2D eigenvalue weighted by molar-refractivity contribution is 6.48. The van der Waals surface area contributed by atoms with Gasteiger partial charge in [-0.2, -0.15) is 24.6 Å². The fraction of sp³-hybridized carbons (Fsp3) is 0.258. The van der Waals surface area contributed by atoms with Gasteiger partial charge in [0.1, 0.15) is 51.8 Å². The molecule has 0 saturated carbocycles. The van der Waals surface area contributed by atoms with E-state index in [0.717, 1.165) is 0 Å². The van der Waals surface area contributed by atoms with Gasteiger partial charge in [-0.05, 0) is 110 Å². The van der Waals surface area contributed by atoms with Gasteiger partial charge < -0.3 is 44.7 Å². The average molecular weight is 2040 g/mol. The molecule has 15 rings (SSSR count). The predicted octanol–water partition coefficient (Wildman–Crippen LogP) is 20.1. The van der Waals surface area contributed by atoms with Crippen LogP contribution in [0.15, 0.2) is 107 Å². The number of aryl methyl sites for hydroxylation is 3. The molecule has 9 aromatic heterocycles. The third-order valence-corrected chi connectivity index (χ3v) is 26.5. The molecule has 12 aromatic rings. The van der Waals surface area contributed by atoms with E-state index in [9.17, 15) is 81.8 Å². The molecule has 696 valence electrons. The molecular weight excluding hydrogens is 1960 g/mol. The second-order valence-corrected chi connectivity index (χ2v) is 35.9. The maximum absolute atomic E-state index is 14.7. The SMILES string of the molecule is C=CC(=O)N1CCN(c2c(C#N)c(=O)n(-c3c(C)ccnc3C(C)C)c3nc(-c4c(Cl)c(O)c(F)c(Cl)c4Cl)c(Cl)cc23)CC1.C=CC(=O)N1CCN(c2c(C#N)c(=O)n(-c3c(C)ccnc3C(C)C)c3nc(-c4c(Cl)c(O)c(F)c(F)c4Cl)c(Cl)cc23)CC1.C=CC(=O)N1CCN(c2c(C#N)c(=O)n(-c3c(C)ccnc3C(C)C)c3nc(-c4c(Cl)c(O)c(F)c(F)c4Cl)c(Cl)cc23)CC1. The smallest absolute Gasteiger partial charge is 0.276 e. The first-order valence-electron chi connectivity index (χ1n) is 41.1. The summed E-state index contributed by atoms with van der Waals surface area (Å²) in [5, 5.41) is 58.2. The number of aromatic nitrogens is 9. The van der Waals surface area contributed by atoms with Gasteiger partial charge in [0.2, 0.25) is 29.4 Å². The summed E-state index contributed by atoms with van der Waals surface area (Å²) < 4.78 is 76.4. The molecule has 135 heavy (non-hydrogen) atoms. The normalized spacial score (nSPS) is 13.4. The molecule has 0 bridgehead atoms. The van der Waals surface area contributed by atoms with Gasteiger partial charge in [-0.25, -0.2) is 28.1 Å². The van der Waals surface area contributed by atoms with Crippen molar-refractivity contribution >= 4 is 184 Å². The number of pyridine rings is 9. The molecule has 0 atom stereocenters. The first kappa shape index (κ1) is 100. The number of nitriles is 3. The number of carbonyl (C=O) groups is 3. The largest absolute Gasteiger partial charge is 0.504 e. The zero-order valence-electron chi connectivity index (χ0n) is 72.8. The van der Waals surface area contributed by atoms with Crippen LogP contribution in [-0.2, 0) is 14.4 Å². The van der Waals surface area contributed by atoms with Crippen molar-refractivity contribution in [3.8, 4) is 86.3 Å². The highest BCUT2D eigenvalue weighted by atomic mass is 35.5. The number of fused-ring (bicyclic) bond motifs is 3. The number of rotatable bonds is 15. The topological polar surface area (TPSA) is 346 Å². The molecule has 27 nitrogen and oxygen atoms in total. The summed E-state index contributed by atoms with van der Waals surface area (Å²) in [6, 6.07) is 15.7. The third-order valence-electron chi connectivity index (χ3n) is 23.0. The lowest BCUT2D eigenvalue weighted by atomic mass is 10.0. The molecule has 0 unspecified atom stereocenters. The Hall–Kier alpha value is -12.4. The number of phenolic OH excluding ortho intramolecular Hbond substituents is 3. The van der Waals surface area contributed by atoms with Crippen molar-refractivity contribution in [1.29, 1.82) is 15.8 Å². The van der Waals surface area contributed by atoms with Crippen LogP contribution in [0.1, 0.15) is 110 Å². The van der Waals surface area contributed by atoms with Crippen LogP contribution in [0.3, 0.4) is 0 Å². The Morgan fingerprint density at radius 2 is 0.622 bits per heavy atom. The van der Waals surface area contributed by atoms with Crippen molar-refractivity contribution in [3.63, 3.8) is 0 Å². The van der Waals surface area contributed by atoms with Gasteiger partial charge in [0, 0.05) is 130 Å². The van der Waals surface area contributed by atoms with E-state index in [1.165, 1.54) is 50.1 Å². The summed E-state index contributed by atoms with van der Waals surface area (Å²) in [7, 11) is 0. The van der Waals surface area contributed by atoms with Gasteiger partial charge >= 0.3 is 0 Å². The average Bonchev–Trinajstić information content (AvgIpc) is 0.728. The van der Waals surface area contributed by atoms with Crippen molar-refractivity contribution < 1.29 is 51.7 Å². The fourth-order valence-corrected chi connectivity index (χ4v) is 19.1. The Balaban J connectivity index is 0.000000171. The highest BCUT2D eigenvalue weighted by Crippen LogP contribution is 2.52. The molecule has 0 aliphatic carbocycles. The number of piperazine rings is 3. The number of carbonyl (C=O) groups excluding carboxylic acids is 3. The van der Waals surface area contributed by atoms with E-state index in [0.29, 0.717) is 82.4 Å². The van der Waals surface area contributed by atoms with Crippen molar-refractivity contribution in [2.45, 2.75) is 80.1 Å². The number of nitrogens with zero attached hydrogens (tertiary/aromatic N) is 18. The minimum Gasteiger partial charge on any atom is -0.504 e. The minimum atomic E-state index is -1.65. The number of amides is 3. The van der Waals surface area contributed by atoms with E-state index >= 15 is 0 Å². The molecule has 0 radical (unpaired) electrons. The second-order valence-electron chi connectivity index (χ2n) is 32.0. The number of hydrogen-bond acceptors (Lipinski definition) is 21. The summed E-state index contributed by atoms with van der Waals surface area (Å²) in [5.41, 5.74) is 1.42. The van der Waals surface area contributed by atoms with E-state index < -0.39 is 104 Å². The molecule has 3 fully saturated rings. The van der Waals surface area contributed by atoms with Crippen LogP contribution in [0.4, 0.5) is 39.0 Å². The molecule has 0 spiro atoms. The molecule has 3 aliphatic rings. The molecule has 3 saturated heterocycles. The maximum Gasteiger partial charge on any atom is 0.276 e. The second kappa shape index (κ2) is 40.3. The van der Waals surface area contributed by atoms with Crippen molar-refractivity contribution in [2.24, 2.45) is 0 Å². The van der Waals surface area contributed by atoms with E-state index in [1.54, 1.807) is 82.1 Å². The summed E-state index contributed by atoms with van der Waals surface area (Å²) in [5.74, 6) is -12.2. The van der Waals surface area contributed by atoms with E-state index in [-0.39, 0.29) is 192 Å². The standard InChI is InChI=1S/C31H25Cl4FN6O3.2C31H25Cl3F2N6O3/c3*1-5-19(43)40-8-10-41(11-9-40)28-16-12-18(32)26(20-21(33)23(35)24(36)29(44)22(20)34)39-30(16)42(31(45)17(28)13-37)27-15(4)6-7-38-25(27)14(2)3/h3*5-7,12,14,44H,1,8-11H2,2-4H3. The Labute approximate surface area is 817 Å². The van der Waals surface area contributed by atoms with E-state index in [4.69, 9.17) is 121 Å². The number of halogens is 15. The van der Waals surface area contributed by atoms with Crippen LogP contribution in [0.25, 0.3) is 83.9 Å². The first-order valence-corrected chi connectivity index (χ1v) is 44.9. The van der Waals surface area contributed by atoms with Crippen LogP contribution < -0.4 is 31.4 Å². The molecule has 42 heteroatoms. The van der Waals surface area contributed by atoms with Crippen molar-refractivity contribution in [3.05, 3.63) is 254 Å². The van der Waals surface area contributed by atoms with Gasteiger partial charge in [0.15, 0.2) is 34.7 Å². The van der Waals surface area contributed by atoms with Crippen LogP contribution >= 0.6 is 116 Å². The molecule has 3 N–H and O–H groups in total. The molecule has 3 aliphatic heterocycles. The number of anilines is 3. The predicted molar refractivity (Wildman–Crippen MR) is 514 cm³/mol. The van der Waals surface area contributed by atoms with Crippen LogP contribution in [0.5, 0.6) is 17.2 Å². The quantitative estimate of drug-likeness (QED) is 0.0371. The van der Waals surface area contributed by atoms with E-state index in [1.807, 2.05) is 46.4 Å². The minimum absolute atomic E-state index is 0.00708. The monoisotopic (exact) mass is 2030 g/mol. The fourth-order valence-electron chi connectivity index (χ4n) is 16.4.